The van der Waals surface area contributed by atoms with Crippen molar-refractivity contribution in [3.05, 3.63) is 6.92 Å². The molecule has 0 saturated heterocycles. The van der Waals surface area contributed by atoms with Gasteiger partial charge in [0.25, 0.3) is 0 Å². The third kappa shape index (κ3) is 9.46. The van der Waals surface area contributed by atoms with E-state index < -0.39 is 0 Å². The Morgan fingerprint density at radius 2 is 1.60 bits per heavy atom. The maximum absolute atomic E-state index is 3.86. The fourth-order valence-corrected chi connectivity index (χ4v) is 2.96. The fraction of sp³-hybridized carbons (Fsp3) is 0.857. The van der Waals surface area contributed by atoms with Gasteiger partial charge >= 0.3 is 23.1 Å². The van der Waals surface area contributed by atoms with Gasteiger partial charge in [0.2, 0.25) is 0 Å². The summed E-state index contributed by atoms with van der Waals surface area (Å²) < 4.78 is 0. The Hall–Kier alpha value is 1.46. The van der Waals surface area contributed by atoms with Gasteiger partial charge in [-0.25, -0.2) is 0 Å². The van der Waals surface area contributed by atoms with Crippen molar-refractivity contribution in [1.29, 1.82) is 0 Å². The van der Waals surface area contributed by atoms with Crippen LogP contribution in [0.3, 0.4) is 0 Å². The monoisotopic (exact) mass is 232 g/mol. The Balaban J connectivity index is -0.000000245. The second-order valence-corrected chi connectivity index (χ2v) is 6.27. The second-order valence-electron chi connectivity index (χ2n) is 2.32. The fourth-order valence-electron chi connectivity index (χ4n) is 0.986. The summed E-state index contributed by atoms with van der Waals surface area (Å²) in [6.45, 7) is 8.49. The molecule has 0 radical (unpaired) electrons. The normalized spacial score (nSPS) is 8.40. The molecule has 0 bridgehead atoms. The number of halogens is 1. The van der Waals surface area contributed by atoms with Gasteiger partial charge in [-0.3, -0.25) is 0 Å². The molecule has 0 spiro atoms. The van der Waals surface area contributed by atoms with Crippen molar-refractivity contribution in [3.63, 3.8) is 0 Å². The van der Waals surface area contributed by atoms with Crippen molar-refractivity contribution < 1.29 is 17.0 Å². The molecule has 0 atom stereocenters. The molecule has 58 valence electrons. The smallest absolute Gasteiger partial charge is 1.00 e. The summed E-state index contributed by atoms with van der Waals surface area (Å²) in [5.74, 6) is 0. The minimum Gasteiger partial charge on any atom is -1.00 e. The summed E-state index contributed by atoms with van der Waals surface area (Å²) in [5, 5.41) is 0. The van der Waals surface area contributed by atoms with Gasteiger partial charge in [-0.1, -0.05) is 32.0 Å². The van der Waals surface area contributed by atoms with E-state index in [1.165, 1.54) is 24.6 Å². The first-order chi connectivity index (χ1) is 3.85. The first-order valence-electron chi connectivity index (χ1n) is 3.64. The van der Waals surface area contributed by atoms with Crippen LogP contribution in [0.15, 0.2) is 0 Å². The predicted octanol–water partition coefficient (Wildman–Crippen LogP) is -0.899. The summed E-state index contributed by atoms with van der Waals surface area (Å²) in [7, 11) is -0.255. The maximum atomic E-state index is 3.86. The van der Waals surface area contributed by atoms with Crippen LogP contribution in [0.4, 0.5) is 0 Å². The van der Waals surface area contributed by atoms with E-state index in [1.54, 1.807) is 0 Å². The molecule has 0 saturated carbocycles. The summed E-state index contributed by atoms with van der Waals surface area (Å²) >= 11 is 0. The van der Waals surface area contributed by atoms with Crippen LogP contribution in [-0.2, 0) is 0 Å². The van der Waals surface area contributed by atoms with Crippen molar-refractivity contribution in [2.24, 2.45) is 0 Å². The van der Waals surface area contributed by atoms with Crippen LogP contribution in [0, 0.1) is 6.92 Å². The quantitative estimate of drug-likeness (QED) is 0.436. The van der Waals surface area contributed by atoms with Crippen LogP contribution in [0.1, 0.15) is 20.3 Å². The predicted molar refractivity (Wildman–Crippen MR) is 48.6 cm³/mol. The zero-order valence-corrected chi connectivity index (χ0v) is 11.4. The molecule has 10 heavy (non-hydrogen) atoms. The van der Waals surface area contributed by atoms with Gasteiger partial charge in [0.05, 0.1) is 0 Å². The average molecular weight is 234 g/mol. The number of hydrogen-bond donors (Lipinski definition) is 0. The minimum atomic E-state index is -0.255. The molecule has 0 heterocycles. The Bertz CT molecular complexity index is 48.9. The van der Waals surface area contributed by atoms with E-state index in [4.69, 9.17) is 0 Å². The molecule has 0 aromatic heterocycles. The van der Waals surface area contributed by atoms with Gasteiger partial charge in [-0.15, -0.1) is 0 Å². The van der Waals surface area contributed by atoms with E-state index in [1.807, 2.05) is 0 Å². The van der Waals surface area contributed by atoms with E-state index in [2.05, 4.69) is 20.8 Å². The Morgan fingerprint density at radius 1 is 1.20 bits per heavy atom. The molecule has 0 aromatic carbocycles. The standard InChI is InChI=1S/C7H17Si.BrH.Mg/c1-4-7-8(5-2)6-3;;/h8H,1,4-7H2,2-3H3;1H;/q-1;;+2/p-1. The zero-order chi connectivity index (χ0) is 6.41. The van der Waals surface area contributed by atoms with E-state index in [9.17, 15) is 0 Å². The van der Waals surface area contributed by atoms with E-state index in [0.717, 1.165) is 0 Å². The van der Waals surface area contributed by atoms with Crippen molar-refractivity contribution in [2.45, 2.75) is 38.4 Å². The molecule has 0 aliphatic carbocycles. The van der Waals surface area contributed by atoms with E-state index in [0.29, 0.717) is 0 Å². The van der Waals surface area contributed by atoms with Crippen molar-refractivity contribution in [1.82, 2.24) is 0 Å². The summed E-state index contributed by atoms with van der Waals surface area (Å²) in [5.41, 5.74) is 0. The van der Waals surface area contributed by atoms with Gasteiger partial charge < -0.3 is 23.9 Å². The second kappa shape index (κ2) is 13.1. The average Bonchev–Trinajstić information content (AvgIpc) is 1.83. The summed E-state index contributed by atoms with van der Waals surface area (Å²) in [6, 6.07) is 4.38. The molecular formula is C7H17BrMgSi. The van der Waals surface area contributed by atoms with Crippen molar-refractivity contribution >= 4 is 31.8 Å². The van der Waals surface area contributed by atoms with Gasteiger partial charge in [0.15, 0.2) is 0 Å². The van der Waals surface area contributed by atoms with E-state index >= 15 is 0 Å². The van der Waals surface area contributed by atoms with E-state index in [-0.39, 0.29) is 48.8 Å². The van der Waals surface area contributed by atoms with Gasteiger partial charge in [0.1, 0.15) is 0 Å². The van der Waals surface area contributed by atoms with Gasteiger partial charge in [-0.2, -0.15) is 6.42 Å². The third-order valence-corrected chi connectivity index (χ3v) is 5.30. The zero-order valence-electron chi connectivity index (χ0n) is 7.20. The molecule has 0 aliphatic heterocycles. The van der Waals surface area contributed by atoms with Crippen LogP contribution in [0.2, 0.25) is 18.1 Å². The van der Waals surface area contributed by atoms with Gasteiger partial charge in [-0.05, 0) is 0 Å². The molecule has 0 N–H and O–H groups in total. The molecule has 0 fully saturated rings. The van der Waals surface area contributed by atoms with Crippen molar-refractivity contribution in [3.8, 4) is 0 Å². The minimum absolute atomic E-state index is 0. The molecule has 0 unspecified atom stereocenters. The maximum Gasteiger partial charge on any atom is 2.00 e. The summed E-state index contributed by atoms with van der Waals surface area (Å²) in [6.07, 6.45) is 1.17. The molecule has 0 aromatic rings. The van der Waals surface area contributed by atoms with Crippen LogP contribution in [0.25, 0.3) is 0 Å². The van der Waals surface area contributed by atoms with Crippen LogP contribution in [-0.4, -0.2) is 31.8 Å². The summed E-state index contributed by atoms with van der Waals surface area (Å²) in [4.78, 5) is 0. The molecule has 3 heteroatoms. The molecule has 0 amide bonds. The SMILES string of the molecule is [Br-].[CH2-]CC[SiH](CC)CC.[Mg+2]. The van der Waals surface area contributed by atoms with Crippen LogP contribution in [0.5, 0.6) is 0 Å². The topological polar surface area (TPSA) is 0 Å². The van der Waals surface area contributed by atoms with Crippen molar-refractivity contribution in [2.75, 3.05) is 0 Å². The number of rotatable bonds is 4. The Morgan fingerprint density at radius 3 is 1.70 bits per heavy atom. The van der Waals surface area contributed by atoms with Gasteiger partial charge in [0, 0.05) is 8.80 Å². The number of hydrogen-bond acceptors (Lipinski definition) is 0. The third-order valence-electron chi connectivity index (χ3n) is 1.77. The van der Waals surface area contributed by atoms with Crippen LogP contribution >= 0.6 is 0 Å². The molecule has 0 aliphatic rings. The molecular weight excluding hydrogens is 216 g/mol. The first kappa shape index (κ1) is 17.5. The molecule has 0 nitrogen and oxygen atoms in total. The first-order valence-corrected chi connectivity index (χ1v) is 6.09. The largest absolute Gasteiger partial charge is 2.00 e. The Kier molecular flexibility index (Phi) is 22.9. The van der Waals surface area contributed by atoms with Crippen LogP contribution < -0.4 is 17.0 Å². The molecule has 0 rings (SSSR count). The Labute approximate surface area is 93.7 Å².